The number of H-pyrrole nitrogens is 1. The number of fused-ring (bicyclic) bond motifs is 1. The molecule has 6 heteroatoms. The summed E-state index contributed by atoms with van der Waals surface area (Å²) in [5.74, 6) is 0.955. The van der Waals surface area contributed by atoms with Gasteiger partial charge in [-0.05, 0) is 38.5 Å². The summed E-state index contributed by atoms with van der Waals surface area (Å²) in [5, 5.41) is 10.2. The second-order valence-electron chi connectivity index (χ2n) is 5.52. The van der Waals surface area contributed by atoms with E-state index in [2.05, 4.69) is 16.0 Å². The Bertz CT molecular complexity index is 1070. The van der Waals surface area contributed by atoms with Gasteiger partial charge >= 0.3 is 0 Å². The van der Waals surface area contributed by atoms with Crippen LogP contribution in [0.5, 0.6) is 5.75 Å². The van der Waals surface area contributed by atoms with Gasteiger partial charge in [-0.1, -0.05) is 18.2 Å². The maximum atomic E-state index is 12.4. The van der Waals surface area contributed by atoms with Gasteiger partial charge in [-0.25, -0.2) is 4.98 Å². The molecule has 0 saturated heterocycles. The average molecular weight is 351 g/mol. The molecule has 0 fully saturated rings. The Morgan fingerprint density at radius 2 is 2.16 bits per heavy atom. The lowest BCUT2D eigenvalue weighted by Gasteiger charge is -2.07. The molecule has 0 atom stereocenters. The largest absolute Gasteiger partial charge is 0.493 e. The van der Waals surface area contributed by atoms with Gasteiger partial charge in [-0.3, -0.25) is 4.79 Å². The van der Waals surface area contributed by atoms with E-state index < -0.39 is 0 Å². The molecule has 0 aliphatic carbocycles. The van der Waals surface area contributed by atoms with Gasteiger partial charge in [0.2, 0.25) is 0 Å². The van der Waals surface area contributed by atoms with Gasteiger partial charge < -0.3 is 9.72 Å². The van der Waals surface area contributed by atoms with Crippen molar-refractivity contribution >= 4 is 33.2 Å². The van der Waals surface area contributed by atoms with E-state index in [1.807, 2.05) is 45.0 Å². The lowest BCUT2D eigenvalue weighted by Crippen LogP contribution is -2.10. The third-order valence-electron chi connectivity index (χ3n) is 3.93. The van der Waals surface area contributed by atoms with Crippen LogP contribution >= 0.6 is 11.3 Å². The number of hydrogen-bond acceptors (Lipinski definition) is 5. The van der Waals surface area contributed by atoms with Crippen LogP contribution in [0.2, 0.25) is 0 Å². The van der Waals surface area contributed by atoms with Crippen molar-refractivity contribution in [1.29, 1.82) is 5.26 Å². The fraction of sp³-hybridized carbons (Fsp3) is 0.211. The summed E-state index contributed by atoms with van der Waals surface area (Å²) in [6.07, 6.45) is 1.68. The molecule has 0 bridgehead atoms. The molecule has 3 rings (SSSR count). The Labute approximate surface area is 149 Å². The van der Waals surface area contributed by atoms with Crippen molar-refractivity contribution in [2.45, 2.75) is 20.8 Å². The van der Waals surface area contributed by atoms with Gasteiger partial charge in [0.15, 0.2) is 5.82 Å². The van der Waals surface area contributed by atoms with Crippen LogP contribution in [0.4, 0.5) is 0 Å². The first-order valence-corrected chi connectivity index (χ1v) is 8.70. The molecular formula is C19H17N3O2S. The van der Waals surface area contributed by atoms with Gasteiger partial charge in [0.05, 0.1) is 17.6 Å². The van der Waals surface area contributed by atoms with Gasteiger partial charge in [-0.15, -0.1) is 11.3 Å². The lowest BCUT2D eigenvalue weighted by molar-refractivity contribution is 0.339. The maximum Gasteiger partial charge on any atom is 0.260 e. The van der Waals surface area contributed by atoms with E-state index in [0.717, 1.165) is 16.0 Å². The number of benzene rings is 1. The fourth-order valence-electron chi connectivity index (χ4n) is 2.58. The van der Waals surface area contributed by atoms with Crippen molar-refractivity contribution in [3.63, 3.8) is 0 Å². The highest BCUT2D eigenvalue weighted by molar-refractivity contribution is 7.18. The average Bonchev–Trinajstić information content (AvgIpc) is 2.89. The van der Waals surface area contributed by atoms with E-state index in [1.54, 1.807) is 6.08 Å². The number of rotatable bonds is 4. The number of aromatic nitrogens is 2. The van der Waals surface area contributed by atoms with E-state index in [0.29, 0.717) is 22.6 Å². The molecule has 0 spiro atoms. The van der Waals surface area contributed by atoms with E-state index in [9.17, 15) is 10.1 Å². The number of para-hydroxylation sites is 1. The summed E-state index contributed by atoms with van der Waals surface area (Å²) in [5.41, 5.74) is 1.77. The van der Waals surface area contributed by atoms with Crippen molar-refractivity contribution in [3.8, 4) is 11.8 Å². The molecule has 0 amide bonds. The first kappa shape index (κ1) is 16.9. The predicted octanol–water partition coefficient (Wildman–Crippen LogP) is 4.06. The zero-order valence-corrected chi connectivity index (χ0v) is 15.0. The number of allylic oxidation sites excluding steroid dienone is 1. The number of thiophene rings is 1. The first-order valence-electron chi connectivity index (χ1n) is 7.89. The van der Waals surface area contributed by atoms with E-state index in [1.165, 1.54) is 11.3 Å². The second kappa shape index (κ2) is 6.91. The predicted molar refractivity (Wildman–Crippen MR) is 101 cm³/mol. The van der Waals surface area contributed by atoms with Crippen LogP contribution in [0.15, 0.2) is 29.1 Å². The molecule has 1 N–H and O–H groups in total. The number of ether oxygens (including phenoxy) is 1. The van der Waals surface area contributed by atoms with E-state index in [4.69, 9.17) is 4.74 Å². The highest BCUT2D eigenvalue weighted by Gasteiger charge is 2.14. The minimum Gasteiger partial charge on any atom is -0.493 e. The summed E-state index contributed by atoms with van der Waals surface area (Å²) in [6.45, 7) is 6.30. The molecular weight excluding hydrogens is 334 g/mol. The van der Waals surface area contributed by atoms with Crippen molar-refractivity contribution in [1.82, 2.24) is 9.97 Å². The van der Waals surface area contributed by atoms with Crippen LogP contribution < -0.4 is 10.3 Å². The standard InChI is InChI=1S/C19H17N3O2S/c1-4-24-15-8-6-5-7-13(15)9-14(10-20)17-21-18(23)16-11(2)12(3)25-19(16)22-17/h5-9H,4H2,1-3H3,(H,21,22,23). The number of aryl methyl sites for hydroxylation is 2. The number of hydrogen-bond donors (Lipinski definition) is 1. The highest BCUT2D eigenvalue weighted by atomic mass is 32.1. The van der Waals surface area contributed by atoms with Crippen LogP contribution in [-0.2, 0) is 0 Å². The van der Waals surface area contributed by atoms with Gasteiger partial charge in [0, 0.05) is 10.4 Å². The molecule has 0 unspecified atom stereocenters. The van der Waals surface area contributed by atoms with Crippen molar-refractivity contribution < 1.29 is 4.74 Å². The summed E-state index contributed by atoms with van der Waals surface area (Å²) in [7, 11) is 0. The maximum absolute atomic E-state index is 12.4. The molecule has 3 aromatic rings. The molecule has 0 saturated carbocycles. The number of nitrogens with zero attached hydrogens (tertiary/aromatic N) is 2. The lowest BCUT2D eigenvalue weighted by atomic mass is 10.1. The molecule has 0 aliphatic heterocycles. The van der Waals surface area contributed by atoms with Gasteiger partial charge in [0.25, 0.3) is 5.56 Å². The SMILES string of the molecule is CCOc1ccccc1C=C(C#N)c1nc2sc(C)c(C)c2c(=O)[nH]1. The zero-order valence-electron chi connectivity index (χ0n) is 14.2. The number of nitriles is 1. The second-order valence-corrected chi connectivity index (χ2v) is 6.72. The number of nitrogens with one attached hydrogen (secondary N) is 1. The molecule has 2 aromatic heterocycles. The van der Waals surface area contributed by atoms with Crippen molar-refractivity contribution in [2.75, 3.05) is 6.61 Å². The zero-order chi connectivity index (χ0) is 18.0. The molecule has 0 aliphatic rings. The normalized spacial score (nSPS) is 11.5. The molecule has 1 aromatic carbocycles. The Hall–Kier alpha value is -2.91. The monoisotopic (exact) mass is 351 g/mol. The van der Waals surface area contributed by atoms with Crippen LogP contribution in [-0.4, -0.2) is 16.6 Å². The van der Waals surface area contributed by atoms with Crippen molar-refractivity contribution in [2.24, 2.45) is 0 Å². The molecule has 2 heterocycles. The van der Waals surface area contributed by atoms with Gasteiger partial charge in [-0.2, -0.15) is 5.26 Å². The minimum atomic E-state index is -0.221. The third kappa shape index (κ3) is 3.19. The minimum absolute atomic E-state index is 0.221. The Morgan fingerprint density at radius 1 is 1.40 bits per heavy atom. The van der Waals surface area contributed by atoms with Crippen LogP contribution in [0.1, 0.15) is 28.8 Å². The summed E-state index contributed by atoms with van der Waals surface area (Å²) in [6, 6.07) is 9.57. The topological polar surface area (TPSA) is 78.8 Å². The Morgan fingerprint density at radius 3 is 2.88 bits per heavy atom. The Balaban J connectivity index is 2.15. The Kier molecular flexibility index (Phi) is 4.68. The fourth-order valence-corrected chi connectivity index (χ4v) is 3.61. The molecule has 25 heavy (non-hydrogen) atoms. The van der Waals surface area contributed by atoms with E-state index >= 15 is 0 Å². The molecule has 5 nitrogen and oxygen atoms in total. The van der Waals surface area contributed by atoms with Crippen LogP contribution in [0, 0.1) is 25.2 Å². The summed E-state index contributed by atoms with van der Waals surface area (Å²) < 4.78 is 5.59. The summed E-state index contributed by atoms with van der Waals surface area (Å²) >= 11 is 1.46. The summed E-state index contributed by atoms with van der Waals surface area (Å²) in [4.78, 5) is 21.3. The molecule has 0 radical (unpaired) electrons. The highest BCUT2D eigenvalue weighted by Crippen LogP contribution is 2.28. The smallest absolute Gasteiger partial charge is 0.260 e. The molecule has 126 valence electrons. The van der Waals surface area contributed by atoms with Crippen LogP contribution in [0.25, 0.3) is 21.9 Å². The number of aromatic amines is 1. The first-order chi connectivity index (χ1) is 12.0. The van der Waals surface area contributed by atoms with Crippen LogP contribution in [0.3, 0.4) is 0 Å². The van der Waals surface area contributed by atoms with E-state index in [-0.39, 0.29) is 17.0 Å². The third-order valence-corrected chi connectivity index (χ3v) is 5.03. The quantitative estimate of drug-likeness (QED) is 0.719. The van der Waals surface area contributed by atoms with Gasteiger partial charge in [0.1, 0.15) is 16.6 Å². The van der Waals surface area contributed by atoms with Crippen molar-refractivity contribution in [3.05, 3.63) is 56.4 Å².